The van der Waals surface area contributed by atoms with E-state index in [1.54, 1.807) is 23.6 Å². The Balaban J connectivity index is 2.09. The summed E-state index contributed by atoms with van der Waals surface area (Å²) in [5.41, 5.74) is 4.27. The van der Waals surface area contributed by atoms with Crippen LogP contribution in [0.25, 0.3) is 0 Å². The normalized spacial score (nSPS) is 9.75. The SMILES string of the molecule is CN(Cc1cscn1)c1ccc(C#N)nc1. The Hall–Kier alpha value is -1.93. The van der Waals surface area contributed by atoms with Crippen LogP contribution in [0.3, 0.4) is 0 Å². The number of pyridine rings is 1. The van der Waals surface area contributed by atoms with Crippen molar-refractivity contribution in [3.05, 3.63) is 40.6 Å². The molecule has 80 valence electrons. The fourth-order valence-corrected chi connectivity index (χ4v) is 1.88. The van der Waals surface area contributed by atoms with Crippen molar-refractivity contribution in [2.75, 3.05) is 11.9 Å². The number of hydrogen-bond donors (Lipinski definition) is 0. The highest BCUT2D eigenvalue weighted by atomic mass is 32.1. The molecule has 0 aliphatic rings. The van der Waals surface area contributed by atoms with Crippen molar-refractivity contribution in [1.82, 2.24) is 9.97 Å². The zero-order chi connectivity index (χ0) is 11.4. The van der Waals surface area contributed by atoms with Crippen LogP contribution in [0, 0.1) is 11.3 Å². The molecular weight excluding hydrogens is 220 g/mol. The quantitative estimate of drug-likeness (QED) is 0.809. The lowest BCUT2D eigenvalue weighted by Crippen LogP contribution is -2.16. The van der Waals surface area contributed by atoms with Crippen molar-refractivity contribution in [1.29, 1.82) is 5.26 Å². The van der Waals surface area contributed by atoms with Crippen LogP contribution in [-0.4, -0.2) is 17.0 Å². The second kappa shape index (κ2) is 4.73. The minimum Gasteiger partial charge on any atom is -0.367 e. The fraction of sp³-hybridized carbons (Fsp3) is 0.182. The summed E-state index contributed by atoms with van der Waals surface area (Å²) in [6.45, 7) is 0.747. The Morgan fingerprint density at radius 2 is 2.31 bits per heavy atom. The first-order valence-electron chi connectivity index (χ1n) is 4.74. The Labute approximate surface area is 97.8 Å². The van der Waals surface area contributed by atoms with E-state index in [2.05, 4.69) is 9.97 Å². The van der Waals surface area contributed by atoms with Gasteiger partial charge < -0.3 is 4.90 Å². The first-order chi connectivity index (χ1) is 7.79. The molecule has 0 unspecified atom stereocenters. The molecule has 0 aromatic carbocycles. The van der Waals surface area contributed by atoms with Crippen LogP contribution in [0.4, 0.5) is 5.69 Å². The molecule has 2 rings (SSSR count). The summed E-state index contributed by atoms with van der Waals surface area (Å²) < 4.78 is 0. The van der Waals surface area contributed by atoms with Crippen molar-refractivity contribution in [2.45, 2.75) is 6.54 Å². The van der Waals surface area contributed by atoms with E-state index in [1.807, 2.05) is 35.0 Å². The van der Waals surface area contributed by atoms with E-state index in [1.165, 1.54) is 0 Å². The number of aromatic nitrogens is 2. The minimum absolute atomic E-state index is 0.436. The zero-order valence-corrected chi connectivity index (χ0v) is 9.61. The number of hydrogen-bond acceptors (Lipinski definition) is 5. The van der Waals surface area contributed by atoms with Gasteiger partial charge >= 0.3 is 0 Å². The van der Waals surface area contributed by atoms with Crippen molar-refractivity contribution >= 4 is 17.0 Å². The Morgan fingerprint density at radius 1 is 1.44 bits per heavy atom. The molecule has 2 aromatic heterocycles. The third kappa shape index (κ3) is 2.35. The molecule has 0 aliphatic heterocycles. The highest BCUT2D eigenvalue weighted by Gasteiger charge is 2.03. The van der Waals surface area contributed by atoms with Crippen LogP contribution in [0.15, 0.2) is 29.2 Å². The van der Waals surface area contributed by atoms with E-state index in [0.29, 0.717) is 5.69 Å². The Bertz CT molecular complexity index is 484. The van der Waals surface area contributed by atoms with Crippen LogP contribution in [0.2, 0.25) is 0 Å². The molecule has 4 nitrogen and oxygen atoms in total. The summed E-state index contributed by atoms with van der Waals surface area (Å²) in [6.07, 6.45) is 1.70. The maximum atomic E-state index is 8.64. The fourth-order valence-electron chi connectivity index (χ4n) is 1.33. The van der Waals surface area contributed by atoms with Gasteiger partial charge in [0.1, 0.15) is 11.8 Å². The topological polar surface area (TPSA) is 52.8 Å². The third-order valence-electron chi connectivity index (χ3n) is 2.19. The van der Waals surface area contributed by atoms with Gasteiger partial charge in [0, 0.05) is 12.4 Å². The van der Waals surface area contributed by atoms with Gasteiger partial charge in [-0.05, 0) is 12.1 Å². The standard InChI is InChI=1S/C11H10N4S/c1-15(6-10-7-16-8-14-10)11-3-2-9(4-12)13-5-11/h2-3,5,7-8H,6H2,1H3. The molecular formula is C11H10N4S. The molecule has 16 heavy (non-hydrogen) atoms. The summed E-state index contributed by atoms with van der Waals surface area (Å²) in [7, 11) is 1.97. The van der Waals surface area contributed by atoms with Gasteiger partial charge in [-0.15, -0.1) is 11.3 Å². The van der Waals surface area contributed by atoms with Gasteiger partial charge in [0.25, 0.3) is 0 Å². The summed E-state index contributed by atoms with van der Waals surface area (Å²) >= 11 is 1.59. The first kappa shape index (κ1) is 10.6. The summed E-state index contributed by atoms with van der Waals surface area (Å²) in [6, 6.07) is 5.60. The van der Waals surface area contributed by atoms with Crippen molar-refractivity contribution in [2.24, 2.45) is 0 Å². The van der Waals surface area contributed by atoms with Crippen molar-refractivity contribution < 1.29 is 0 Å². The molecule has 0 spiro atoms. The van der Waals surface area contributed by atoms with Crippen LogP contribution in [0.5, 0.6) is 0 Å². The molecule has 5 heteroatoms. The molecule has 0 fully saturated rings. The molecule has 2 heterocycles. The predicted octanol–water partition coefficient (Wildman–Crippen LogP) is 2.05. The van der Waals surface area contributed by atoms with E-state index >= 15 is 0 Å². The van der Waals surface area contributed by atoms with E-state index in [-0.39, 0.29) is 0 Å². The molecule has 0 atom stereocenters. The largest absolute Gasteiger partial charge is 0.367 e. The van der Waals surface area contributed by atoms with Gasteiger partial charge in [-0.1, -0.05) is 0 Å². The second-order valence-electron chi connectivity index (χ2n) is 3.35. The molecule has 0 bridgehead atoms. The zero-order valence-electron chi connectivity index (χ0n) is 8.79. The lowest BCUT2D eigenvalue weighted by molar-refractivity contribution is 0.890. The molecule has 0 saturated carbocycles. The second-order valence-corrected chi connectivity index (χ2v) is 4.07. The summed E-state index contributed by atoms with van der Waals surface area (Å²) in [4.78, 5) is 10.3. The maximum Gasteiger partial charge on any atom is 0.140 e. The number of rotatable bonds is 3. The van der Waals surface area contributed by atoms with Crippen LogP contribution in [0.1, 0.15) is 11.4 Å². The molecule has 2 aromatic rings. The van der Waals surface area contributed by atoms with Crippen LogP contribution < -0.4 is 4.90 Å². The summed E-state index contributed by atoms with van der Waals surface area (Å²) in [5, 5.41) is 10.7. The van der Waals surface area contributed by atoms with Crippen molar-refractivity contribution in [3.63, 3.8) is 0 Å². The highest BCUT2D eigenvalue weighted by Crippen LogP contribution is 2.14. The molecule has 0 radical (unpaired) electrons. The predicted molar refractivity (Wildman–Crippen MR) is 63.2 cm³/mol. The van der Waals surface area contributed by atoms with Crippen molar-refractivity contribution in [3.8, 4) is 6.07 Å². The molecule has 0 aliphatic carbocycles. The monoisotopic (exact) mass is 230 g/mol. The average molecular weight is 230 g/mol. The molecule has 0 N–H and O–H groups in total. The van der Waals surface area contributed by atoms with Gasteiger partial charge in [0.15, 0.2) is 0 Å². The Morgan fingerprint density at radius 3 is 2.88 bits per heavy atom. The molecule has 0 amide bonds. The number of anilines is 1. The van der Waals surface area contributed by atoms with Gasteiger partial charge in [-0.3, -0.25) is 0 Å². The van der Waals surface area contributed by atoms with Gasteiger partial charge in [-0.2, -0.15) is 5.26 Å². The summed E-state index contributed by atoms with van der Waals surface area (Å²) in [5.74, 6) is 0. The van der Waals surface area contributed by atoms with Gasteiger partial charge in [0.2, 0.25) is 0 Å². The average Bonchev–Trinajstić information content (AvgIpc) is 2.82. The van der Waals surface area contributed by atoms with Gasteiger partial charge in [-0.25, -0.2) is 9.97 Å². The first-order valence-corrected chi connectivity index (χ1v) is 5.68. The van der Waals surface area contributed by atoms with Gasteiger partial charge in [0.05, 0.1) is 29.6 Å². The third-order valence-corrected chi connectivity index (χ3v) is 2.82. The van der Waals surface area contributed by atoms with Crippen LogP contribution >= 0.6 is 11.3 Å². The van der Waals surface area contributed by atoms with E-state index in [4.69, 9.17) is 5.26 Å². The maximum absolute atomic E-state index is 8.64. The van der Waals surface area contributed by atoms with E-state index in [0.717, 1.165) is 17.9 Å². The lowest BCUT2D eigenvalue weighted by atomic mass is 10.3. The number of nitriles is 1. The van der Waals surface area contributed by atoms with E-state index in [9.17, 15) is 0 Å². The number of thiazole rings is 1. The van der Waals surface area contributed by atoms with E-state index < -0.39 is 0 Å². The lowest BCUT2D eigenvalue weighted by Gasteiger charge is -2.17. The van der Waals surface area contributed by atoms with Crippen LogP contribution in [-0.2, 0) is 6.54 Å². The number of nitrogens with zero attached hydrogens (tertiary/aromatic N) is 4. The minimum atomic E-state index is 0.436. The smallest absolute Gasteiger partial charge is 0.140 e. The molecule has 0 saturated heterocycles. The Kier molecular flexibility index (Phi) is 3.13. The highest BCUT2D eigenvalue weighted by molar-refractivity contribution is 7.07.